The Kier molecular flexibility index (Phi) is 6.72. The predicted molar refractivity (Wildman–Crippen MR) is 108 cm³/mol. The van der Waals surface area contributed by atoms with E-state index in [4.69, 9.17) is 9.47 Å². The van der Waals surface area contributed by atoms with Gasteiger partial charge in [0.2, 0.25) is 0 Å². The predicted octanol–water partition coefficient (Wildman–Crippen LogP) is 2.14. The standard InChI is InChI=1S/C19H18N4O8/c24-18(20-14-3-1-2-4-15(14)22(26)27)12-31-19(25)13-5-6-16(17(11-13)23(28)29)21-7-9-30-10-8-21/h1-6,11H,7-10,12H2,(H,20,24). The fourth-order valence-corrected chi connectivity index (χ4v) is 3.01. The first kappa shape index (κ1) is 21.6. The molecule has 0 radical (unpaired) electrons. The molecule has 1 heterocycles. The van der Waals surface area contributed by atoms with Gasteiger partial charge in [-0.15, -0.1) is 0 Å². The Bertz CT molecular complexity index is 1020. The number of carbonyl (C=O) groups excluding carboxylic acids is 2. The van der Waals surface area contributed by atoms with Crippen molar-refractivity contribution in [3.63, 3.8) is 0 Å². The minimum Gasteiger partial charge on any atom is -0.452 e. The largest absolute Gasteiger partial charge is 0.452 e. The number of morpholine rings is 1. The molecule has 1 N–H and O–H groups in total. The number of amides is 1. The number of hydrogen-bond acceptors (Lipinski definition) is 9. The Balaban J connectivity index is 1.66. The van der Waals surface area contributed by atoms with Crippen molar-refractivity contribution in [3.05, 3.63) is 68.3 Å². The zero-order valence-electron chi connectivity index (χ0n) is 16.2. The number of rotatable bonds is 7. The molecule has 0 atom stereocenters. The third-order valence-corrected chi connectivity index (χ3v) is 4.47. The second kappa shape index (κ2) is 9.63. The van der Waals surface area contributed by atoms with Crippen molar-refractivity contribution in [2.45, 2.75) is 0 Å². The summed E-state index contributed by atoms with van der Waals surface area (Å²) in [6, 6.07) is 9.42. The first-order chi connectivity index (χ1) is 14.9. The van der Waals surface area contributed by atoms with E-state index in [1.165, 1.54) is 36.4 Å². The lowest BCUT2D eigenvalue weighted by Gasteiger charge is -2.28. The van der Waals surface area contributed by atoms with Gasteiger partial charge in [0.1, 0.15) is 11.4 Å². The van der Waals surface area contributed by atoms with Gasteiger partial charge in [0.25, 0.3) is 17.3 Å². The molecule has 1 fully saturated rings. The zero-order valence-corrected chi connectivity index (χ0v) is 16.2. The van der Waals surface area contributed by atoms with Crippen LogP contribution in [-0.2, 0) is 14.3 Å². The second-order valence-electron chi connectivity index (χ2n) is 6.46. The van der Waals surface area contributed by atoms with Gasteiger partial charge in [-0.1, -0.05) is 12.1 Å². The van der Waals surface area contributed by atoms with E-state index in [1.807, 2.05) is 0 Å². The van der Waals surface area contributed by atoms with Crippen molar-refractivity contribution >= 4 is 34.6 Å². The van der Waals surface area contributed by atoms with Crippen LogP contribution in [0.2, 0.25) is 0 Å². The van der Waals surface area contributed by atoms with Gasteiger partial charge in [-0.25, -0.2) is 4.79 Å². The van der Waals surface area contributed by atoms with Crippen LogP contribution in [0.15, 0.2) is 42.5 Å². The van der Waals surface area contributed by atoms with E-state index in [9.17, 15) is 29.8 Å². The number of para-hydroxylation sites is 2. The number of nitrogens with one attached hydrogen (secondary N) is 1. The average Bonchev–Trinajstić information content (AvgIpc) is 2.77. The topological polar surface area (TPSA) is 154 Å². The van der Waals surface area contributed by atoms with E-state index in [0.29, 0.717) is 32.0 Å². The molecule has 1 aliphatic heterocycles. The molecule has 12 nitrogen and oxygen atoms in total. The Morgan fingerprint density at radius 3 is 2.39 bits per heavy atom. The van der Waals surface area contributed by atoms with E-state index >= 15 is 0 Å². The maximum absolute atomic E-state index is 12.3. The quantitative estimate of drug-likeness (QED) is 0.395. The molecule has 2 aromatic rings. The fourth-order valence-electron chi connectivity index (χ4n) is 3.01. The van der Waals surface area contributed by atoms with E-state index in [-0.39, 0.29) is 22.6 Å². The minimum absolute atomic E-state index is 0.0425. The molecular weight excluding hydrogens is 412 g/mol. The molecular formula is C19H18N4O8. The molecule has 0 saturated carbocycles. The third kappa shape index (κ3) is 5.30. The Hall–Kier alpha value is -4.06. The summed E-state index contributed by atoms with van der Waals surface area (Å²) in [6.07, 6.45) is 0. The number of esters is 1. The van der Waals surface area contributed by atoms with E-state index < -0.39 is 28.3 Å². The van der Waals surface area contributed by atoms with Gasteiger partial charge in [0, 0.05) is 25.2 Å². The third-order valence-electron chi connectivity index (χ3n) is 4.47. The van der Waals surface area contributed by atoms with Gasteiger partial charge < -0.3 is 19.7 Å². The van der Waals surface area contributed by atoms with Gasteiger partial charge in [-0.05, 0) is 18.2 Å². The summed E-state index contributed by atoms with van der Waals surface area (Å²) in [5, 5.41) is 24.8. The smallest absolute Gasteiger partial charge is 0.338 e. The van der Waals surface area contributed by atoms with Crippen LogP contribution in [0.4, 0.5) is 22.7 Å². The Morgan fingerprint density at radius 1 is 1.03 bits per heavy atom. The van der Waals surface area contributed by atoms with Crippen molar-refractivity contribution in [3.8, 4) is 0 Å². The van der Waals surface area contributed by atoms with Gasteiger partial charge >= 0.3 is 5.97 Å². The molecule has 1 saturated heterocycles. The van der Waals surface area contributed by atoms with E-state index in [0.717, 1.165) is 6.07 Å². The molecule has 0 unspecified atom stereocenters. The summed E-state index contributed by atoms with van der Waals surface area (Å²) < 4.78 is 10.1. The highest BCUT2D eigenvalue weighted by atomic mass is 16.6. The maximum atomic E-state index is 12.3. The van der Waals surface area contributed by atoms with Crippen LogP contribution < -0.4 is 10.2 Å². The number of ether oxygens (including phenoxy) is 2. The molecule has 1 amide bonds. The normalized spacial score (nSPS) is 13.4. The summed E-state index contributed by atoms with van der Waals surface area (Å²) in [6.45, 7) is 1.13. The molecule has 1 aliphatic rings. The van der Waals surface area contributed by atoms with E-state index in [2.05, 4.69) is 5.32 Å². The lowest BCUT2D eigenvalue weighted by atomic mass is 10.1. The van der Waals surface area contributed by atoms with Crippen molar-refractivity contribution in [2.75, 3.05) is 43.1 Å². The molecule has 3 rings (SSSR count). The van der Waals surface area contributed by atoms with Gasteiger partial charge in [-0.2, -0.15) is 0 Å². The lowest BCUT2D eigenvalue weighted by molar-refractivity contribution is -0.384. The molecule has 0 aromatic heterocycles. The molecule has 0 aliphatic carbocycles. The maximum Gasteiger partial charge on any atom is 0.338 e. The molecule has 12 heteroatoms. The fraction of sp³-hybridized carbons (Fsp3) is 0.263. The Morgan fingerprint density at radius 2 is 1.71 bits per heavy atom. The van der Waals surface area contributed by atoms with Crippen LogP contribution in [0.5, 0.6) is 0 Å². The van der Waals surface area contributed by atoms with Crippen LogP contribution in [0.1, 0.15) is 10.4 Å². The Labute approximate surface area is 175 Å². The van der Waals surface area contributed by atoms with Crippen LogP contribution in [0.25, 0.3) is 0 Å². The van der Waals surface area contributed by atoms with Crippen LogP contribution in [-0.4, -0.2) is 54.6 Å². The highest BCUT2D eigenvalue weighted by molar-refractivity contribution is 5.97. The SMILES string of the molecule is O=C(COC(=O)c1ccc(N2CCOCC2)c([N+](=O)[O-])c1)Nc1ccccc1[N+](=O)[O-]. The number of carbonyl (C=O) groups is 2. The van der Waals surface area contributed by atoms with Crippen LogP contribution in [0.3, 0.4) is 0 Å². The number of hydrogen-bond donors (Lipinski definition) is 1. The minimum atomic E-state index is -0.936. The highest BCUT2D eigenvalue weighted by Crippen LogP contribution is 2.30. The summed E-state index contributed by atoms with van der Waals surface area (Å²) in [5.41, 5.74) is -0.350. The van der Waals surface area contributed by atoms with Crippen LogP contribution >= 0.6 is 0 Å². The number of benzene rings is 2. The monoisotopic (exact) mass is 430 g/mol. The summed E-state index contributed by atoms with van der Waals surface area (Å²) in [7, 11) is 0. The molecule has 2 aromatic carbocycles. The number of nitro benzene ring substituents is 2. The first-order valence-corrected chi connectivity index (χ1v) is 9.18. The van der Waals surface area contributed by atoms with Crippen molar-refractivity contribution in [1.29, 1.82) is 0 Å². The highest BCUT2D eigenvalue weighted by Gasteiger charge is 2.24. The van der Waals surface area contributed by atoms with Gasteiger partial charge in [0.15, 0.2) is 6.61 Å². The summed E-state index contributed by atoms with van der Waals surface area (Å²) >= 11 is 0. The first-order valence-electron chi connectivity index (χ1n) is 9.18. The van der Waals surface area contributed by atoms with Crippen LogP contribution in [0, 0.1) is 20.2 Å². The lowest BCUT2D eigenvalue weighted by Crippen LogP contribution is -2.36. The summed E-state index contributed by atoms with van der Waals surface area (Å²) in [5.74, 6) is -1.73. The molecule has 0 bridgehead atoms. The van der Waals surface area contributed by atoms with Gasteiger partial charge in [-0.3, -0.25) is 25.0 Å². The van der Waals surface area contributed by atoms with E-state index in [1.54, 1.807) is 4.90 Å². The number of anilines is 2. The molecule has 31 heavy (non-hydrogen) atoms. The van der Waals surface area contributed by atoms with Crippen molar-refractivity contribution in [2.24, 2.45) is 0 Å². The number of nitro groups is 2. The molecule has 0 spiro atoms. The number of nitrogens with zero attached hydrogens (tertiary/aromatic N) is 3. The second-order valence-corrected chi connectivity index (χ2v) is 6.46. The van der Waals surface area contributed by atoms with Crippen molar-refractivity contribution in [1.82, 2.24) is 0 Å². The van der Waals surface area contributed by atoms with Gasteiger partial charge in [0.05, 0.1) is 28.6 Å². The summed E-state index contributed by atoms with van der Waals surface area (Å²) in [4.78, 5) is 47.3. The van der Waals surface area contributed by atoms with Crippen molar-refractivity contribution < 1.29 is 28.9 Å². The molecule has 162 valence electrons. The average molecular weight is 430 g/mol. The zero-order chi connectivity index (χ0) is 22.4.